The summed E-state index contributed by atoms with van der Waals surface area (Å²) in [6.45, 7) is 7.65. The fraction of sp³-hybridized carbons (Fsp3) is 0.310. The van der Waals surface area contributed by atoms with Crippen molar-refractivity contribution in [2.45, 2.75) is 13.8 Å². The summed E-state index contributed by atoms with van der Waals surface area (Å²) in [4.78, 5) is 30.4. The number of methoxy groups -OCH3 is 1. The number of anilines is 4. The SMILES string of the molecule is COc1ccccc1N1CCN(c2ccc(NC(=O)Nc3ccc(Cl)c(Cl)c3)cc2C(=O)NCC(C)C)CC1. The highest BCUT2D eigenvalue weighted by Crippen LogP contribution is 2.31. The molecule has 1 aliphatic rings. The molecule has 1 fully saturated rings. The Balaban J connectivity index is 1.51. The Kier molecular flexibility index (Phi) is 9.43. The van der Waals surface area contributed by atoms with E-state index >= 15 is 0 Å². The average Bonchev–Trinajstić information content (AvgIpc) is 2.93. The van der Waals surface area contributed by atoms with Gasteiger partial charge in [-0.1, -0.05) is 49.2 Å². The van der Waals surface area contributed by atoms with Crippen LogP contribution in [0.2, 0.25) is 10.0 Å². The minimum atomic E-state index is -0.458. The highest BCUT2D eigenvalue weighted by atomic mass is 35.5. The number of nitrogens with one attached hydrogen (secondary N) is 3. The van der Waals surface area contributed by atoms with Gasteiger partial charge in [0, 0.05) is 49.8 Å². The van der Waals surface area contributed by atoms with Gasteiger partial charge < -0.3 is 30.5 Å². The van der Waals surface area contributed by atoms with Gasteiger partial charge in [0.15, 0.2) is 0 Å². The summed E-state index contributed by atoms with van der Waals surface area (Å²) in [5.74, 6) is 0.966. The maximum absolute atomic E-state index is 13.3. The van der Waals surface area contributed by atoms with Crippen LogP contribution in [0.5, 0.6) is 5.75 Å². The molecule has 0 unspecified atom stereocenters. The van der Waals surface area contributed by atoms with E-state index in [9.17, 15) is 9.59 Å². The van der Waals surface area contributed by atoms with E-state index in [0.717, 1.165) is 43.3 Å². The van der Waals surface area contributed by atoms with Gasteiger partial charge in [-0.15, -0.1) is 0 Å². The highest BCUT2D eigenvalue weighted by Gasteiger charge is 2.24. The van der Waals surface area contributed by atoms with Crippen LogP contribution in [0.1, 0.15) is 24.2 Å². The normalized spacial score (nSPS) is 13.3. The molecule has 3 aromatic rings. The first-order chi connectivity index (χ1) is 18.7. The molecule has 1 heterocycles. The molecule has 3 amide bonds. The smallest absolute Gasteiger partial charge is 0.323 e. The number of piperazine rings is 1. The van der Waals surface area contributed by atoms with Crippen molar-refractivity contribution >= 4 is 57.9 Å². The van der Waals surface area contributed by atoms with Crippen LogP contribution < -0.4 is 30.5 Å². The molecule has 0 aromatic heterocycles. The second-order valence-electron chi connectivity index (χ2n) is 9.69. The van der Waals surface area contributed by atoms with Crippen LogP contribution in [0, 0.1) is 5.92 Å². The molecule has 0 atom stereocenters. The number of para-hydroxylation sites is 2. The van der Waals surface area contributed by atoms with E-state index in [2.05, 4.69) is 31.8 Å². The van der Waals surface area contributed by atoms with Crippen LogP contribution in [-0.4, -0.2) is 51.8 Å². The molecular formula is C29H33Cl2N5O3. The number of benzene rings is 3. The predicted octanol–water partition coefficient (Wildman–Crippen LogP) is 6.36. The summed E-state index contributed by atoms with van der Waals surface area (Å²) < 4.78 is 5.54. The highest BCUT2D eigenvalue weighted by molar-refractivity contribution is 6.42. The van der Waals surface area contributed by atoms with E-state index in [4.69, 9.17) is 27.9 Å². The molecule has 3 N–H and O–H groups in total. The third kappa shape index (κ3) is 7.28. The predicted molar refractivity (Wildman–Crippen MR) is 160 cm³/mol. The summed E-state index contributed by atoms with van der Waals surface area (Å²) in [6, 6.07) is 17.8. The number of carbonyl (C=O) groups is 2. The maximum Gasteiger partial charge on any atom is 0.323 e. The Hall–Kier alpha value is -3.62. The molecule has 39 heavy (non-hydrogen) atoms. The van der Waals surface area contributed by atoms with Crippen LogP contribution >= 0.6 is 23.2 Å². The molecule has 10 heteroatoms. The van der Waals surface area contributed by atoms with Gasteiger partial charge in [-0.3, -0.25) is 4.79 Å². The second kappa shape index (κ2) is 13.0. The van der Waals surface area contributed by atoms with Crippen LogP contribution in [0.25, 0.3) is 0 Å². The van der Waals surface area contributed by atoms with Gasteiger partial charge in [0.05, 0.1) is 28.4 Å². The number of ether oxygens (including phenoxy) is 1. The minimum Gasteiger partial charge on any atom is -0.495 e. The molecule has 1 aliphatic heterocycles. The van der Waals surface area contributed by atoms with Crippen molar-refractivity contribution in [3.05, 3.63) is 76.3 Å². The van der Waals surface area contributed by atoms with Crippen LogP contribution in [0.15, 0.2) is 60.7 Å². The number of hydrogen-bond donors (Lipinski definition) is 3. The molecule has 0 radical (unpaired) electrons. The number of amides is 3. The summed E-state index contributed by atoms with van der Waals surface area (Å²) in [7, 11) is 1.68. The zero-order chi connectivity index (χ0) is 27.9. The third-order valence-corrected chi connectivity index (χ3v) is 7.13. The number of halogens is 2. The Bertz CT molecular complexity index is 1330. The Morgan fingerprint density at radius 1 is 0.846 bits per heavy atom. The molecule has 4 rings (SSSR count). The van der Waals surface area contributed by atoms with Crippen molar-refractivity contribution in [2.75, 3.05) is 60.3 Å². The van der Waals surface area contributed by atoms with Gasteiger partial charge in [-0.2, -0.15) is 0 Å². The monoisotopic (exact) mass is 569 g/mol. The lowest BCUT2D eigenvalue weighted by Gasteiger charge is -2.38. The zero-order valence-corrected chi connectivity index (χ0v) is 23.8. The van der Waals surface area contributed by atoms with Crippen LogP contribution in [-0.2, 0) is 0 Å². The lowest BCUT2D eigenvalue weighted by atomic mass is 10.1. The van der Waals surface area contributed by atoms with Crippen LogP contribution in [0.4, 0.5) is 27.5 Å². The largest absolute Gasteiger partial charge is 0.495 e. The van der Waals surface area contributed by atoms with Crippen molar-refractivity contribution < 1.29 is 14.3 Å². The quantitative estimate of drug-likeness (QED) is 0.294. The van der Waals surface area contributed by atoms with Crippen molar-refractivity contribution in [2.24, 2.45) is 5.92 Å². The summed E-state index contributed by atoms with van der Waals surface area (Å²) >= 11 is 12.0. The fourth-order valence-electron chi connectivity index (χ4n) is 4.41. The van der Waals surface area contributed by atoms with E-state index in [1.54, 1.807) is 37.4 Å². The summed E-state index contributed by atoms with van der Waals surface area (Å²) in [5, 5.41) is 9.30. The maximum atomic E-state index is 13.3. The lowest BCUT2D eigenvalue weighted by molar-refractivity contribution is 0.0949. The number of urea groups is 1. The van der Waals surface area contributed by atoms with Gasteiger partial charge >= 0.3 is 6.03 Å². The molecule has 0 aliphatic carbocycles. The van der Waals surface area contributed by atoms with Crippen molar-refractivity contribution in [1.29, 1.82) is 0 Å². The first-order valence-corrected chi connectivity index (χ1v) is 13.6. The lowest BCUT2D eigenvalue weighted by Crippen LogP contribution is -2.47. The molecule has 0 saturated carbocycles. The summed E-state index contributed by atoms with van der Waals surface area (Å²) in [5.41, 5.74) is 3.39. The number of rotatable bonds is 8. The van der Waals surface area contributed by atoms with Gasteiger partial charge in [0.1, 0.15) is 5.75 Å². The molecule has 0 bridgehead atoms. The molecular weight excluding hydrogens is 537 g/mol. The summed E-state index contributed by atoms with van der Waals surface area (Å²) in [6.07, 6.45) is 0. The van der Waals surface area contributed by atoms with Gasteiger partial charge in [-0.25, -0.2) is 4.79 Å². The zero-order valence-electron chi connectivity index (χ0n) is 22.3. The fourth-order valence-corrected chi connectivity index (χ4v) is 4.71. The van der Waals surface area contributed by atoms with Gasteiger partial charge in [0.2, 0.25) is 0 Å². The molecule has 206 valence electrons. The van der Waals surface area contributed by atoms with Crippen molar-refractivity contribution in [1.82, 2.24) is 5.32 Å². The van der Waals surface area contributed by atoms with Gasteiger partial charge in [-0.05, 0) is 54.4 Å². The van der Waals surface area contributed by atoms with E-state index in [0.29, 0.717) is 39.4 Å². The Morgan fingerprint density at radius 3 is 2.10 bits per heavy atom. The standard InChI is InChI=1S/C29H33Cl2N5O3/c1-19(2)18-32-28(37)22-16-20(33-29(38)34-21-8-10-23(30)24(31)17-21)9-11-25(22)35-12-14-36(15-13-35)26-6-4-5-7-27(26)39-3/h4-11,16-17,19H,12-15,18H2,1-3H3,(H,32,37)(H2,33,34,38). The second-order valence-corrected chi connectivity index (χ2v) is 10.5. The van der Waals surface area contributed by atoms with E-state index in [1.165, 1.54) is 0 Å². The number of carbonyl (C=O) groups excluding carboxylic acids is 2. The Labute approximate surface area is 239 Å². The minimum absolute atomic E-state index is 0.181. The van der Waals surface area contributed by atoms with Gasteiger partial charge in [0.25, 0.3) is 5.91 Å². The van der Waals surface area contributed by atoms with Crippen LogP contribution in [0.3, 0.4) is 0 Å². The first-order valence-electron chi connectivity index (χ1n) is 12.8. The molecule has 0 spiro atoms. The number of hydrogen-bond acceptors (Lipinski definition) is 5. The molecule has 3 aromatic carbocycles. The topological polar surface area (TPSA) is 85.9 Å². The third-order valence-electron chi connectivity index (χ3n) is 6.39. The van der Waals surface area contributed by atoms with E-state index in [-0.39, 0.29) is 5.91 Å². The van der Waals surface area contributed by atoms with E-state index < -0.39 is 6.03 Å². The number of nitrogens with zero attached hydrogens (tertiary/aromatic N) is 2. The average molecular weight is 571 g/mol. The van der Waals surface area contributed by atoms with Crippen molar-refractivity contribution in [3.8, 4) is 5.75 Å². The Morgan fingerprint density at radius 2 is 1.46 bits per heavy atom. The van der Waals surface area contributed by atoms with E-state index in [1.807, 2.05) is 38.1 Å². The molecule has 1 saturated heterocycles. The molecule has 8 nitrogen and oxygen atoms in total. The first kappa shape index (κ1) is 28.4. The van der Waals surface area contributed by atoms with Crippen molar-refractivity contribution in [3.63, 3.8) is 0 Å².